The van der Waals surface area contributed by atoms with E-state index >= 15 is 0 Å². The Morgan fingerprint density at radius 1 is 1.40 bits per heavy atom. The van der Waals surface area contributed by atoms with Crippen molar-refractivity contribution in [2.45, 2.75) is 12.5 Å². The van der Waals surface area contributed by atoms with Crippen LogP contribution in [0.15, 0.2) is 30.6 Å². The summed E-state index contributed by atoms with van der Waals surface area (Å²) in [5.74, 6) is 0. The van der Waals surface area contributed by atoms with Gasteiger partial charge >= 0.3 is 0 Å². The Hall–Kier alpha value is -2.21. The summed E-state index contributed by atoms with van der Waals surface area (Å²) < 4.78 is 0. The summed E-state index contributed by atoms with van der Waals surface area (Å²) in [6.07, 6.45) is 4.35. The molecule has 20 heavy (non-hydrogen) atoms. The van der Waals surface area contributed by atoms with Gasteiger partial charge in [0.15, 0.2) is 0 Å². The number of hydrogen-bond donors (Lipinski definition) is 1. The van der Waals surface area contributed by atoms with Crippen LogP contribution in [0.2, 0.25) is 0 Å². The molecule has 0 spiro atoms. The van der Waals surface area contributed by atoms with Crippen molar-refractivity contribution in [1.29, 1.82) is 0 Å². The van der Waals surface area contributed by atoms with Crippen LogP contribution in [0.1, 0.15) is 6.42 Å². The number of fused-ring (bicyclic) bond motifs is 1. The third kappa shape index (κ3) is 2.30. The Kier molecular flexibility index (Phi) is 3.23. The summed E-state index contributed by atoms with van der Waals surface area (Å²) >= 11 is 0. The fourth-order valence-electron chi connectivity index (χ4n) is 2.73. The average Bonchev–Trinajstić information content (AvgIpc) is 2.84. The van der Waals surface area contributed by atoms with Crippen LogP contribution in [0, 0.1) is 10.1 Å². The molecule has 3 rings (SSSR count). The van der Waals surface area contributed by atoms with Gasteiger partial charge in [-0.15, -0.1) is 0 Å². The molecule has 1 unspecified atom stereocenters. The van der Waals surface area contributed by atoms with Gasteiger partial charge in [-0.25, -0.2) is 0 Å². The highest BCUT2D eigenvalue weighted by molar-refractivity contribution is 5.99. The van der Waals surface area contributed by atoms with Crippen molar-refractivity contribution in [3.8, 4) is 0 Å². The predicted molar refractivity (Wildman–Crippen MR) is 77.9 cm³/mol. The zero-order valence-electron chi connectivity index (χ0n) is 11.2. The third-order valence-electron chi connectivity index (χ3n) is 3.74. The minimum Gasteiger partial charge on any atom is -0.380 e. The first kappa shape index (κ1) is 12.8. The lowest BCUT2D eigenvalue weighted by molar-refractivity contribution is -0.383. The van der Waals surface area contributed by atoms with Crippen LogP contribution in [0.5, 0.6) is 0 Å². The molecule has 0 bridgehead atoms. The van der Waals surface area contributed by atoms with Crippen molar-refractivity contribution in [3.63, 3.8) is 0 Å². The maximum atomic E-state index is 11.1. The molecule has 1 aromatic carbocycles. The van der Waals surface area contributed by atoms with Crippen LogP contribution in [-0.4, -0.2) is 41.0 Å². The van der Waals surface area contributed by atoms with Crippen LogP contribution >= 0.6 is 0 Å². The van der Waals surface area contributed by atoms with E-state index < -0.39 is 0 Å². The van der Waals surface area contributed by atoms with Gasteiger partial charge in [-0.2, -0.15) is 0 Å². The number of benzene rings is 1. The lowest BCUT2D eigenvalue weighted by Crippen LogP contribution is -2.23. The molecule has 2 aromatic rings. The van der Waals surface area contributed by atoms with Crippen molar-refractivity contribution < 1.29 is 4.92 Å². The van der Waals surface area contributed by atoms with Gasteiger partial charge in [0, 0.05) is 42.1 Å². The first-order valence-corrected chi connectivity index (χ1v) is 6.61. The monoisotopic (exact) mass is 272 g/mol. The van der Waals surface area contributed by atoms with Gasteiger partial charge in [-0.05, 0) is 32.1 Å². The number of aromatic nitrogens is 1. The van der Waals surface area contributed by atoms with Crippen LogP contribution in [0.25, 0.3) is 10.8 Å². The molecule has 1 aliphatic rings. The Balaban J connectivity index is 2.00. The number of hydrogen-bond acceptors (Lipinski definition) is 5. The molecule has 6 heteroatoms. The van der Waals surface area contributed by atoms with Crippen molar-refractivity contribution in [3.05, 3.63) is 40.7 Å². The summed E-state index contributed by atoms with van der Waals surface area (Å²) in [7, 11) is 2.09. The first-order valence-electron chi connectivity index (χ1n) is 6.61. The fraction of sp³-hybridized carbons (Fsp3) is 0.357. The van der Waals surface area contributed by atoms with E-state index in [9.17, 15) is 10.1 Å². The van der Waals surface area contributed by atoms with Crippen molar-refractivity contribution in [2.75, 3.05) is 25.5 Å². The SMILES string of the molecule is CN1CCC(Nc2ccc([N+](=O)[O-])c3ccncc23)C1. The number of likely N-dealkylation sites (tertiary alicyclic amines) is 1. The van der Waals surface area contributed by atoms with E-state index in [1.807, 2.05) is 0 Å². The molecule has 0 saturated carbocycles. The van der Waals surface area contributed by atoms with Crippen molar-refractivity contribution in [2.24, 2.45) is 0 Å². The van der Waals surface area contributed by atoms with E-state index in [2.05, 4.69) is 22.2 Å². The second kappa shape index (κ2) is 5.05. The zero-order valence-corrected chi connectivity index (χ0v) is 11.2. The minimum absolute atomic E-state index is 0.122. The first-order chi connectivity index (χ1) is 9.65. The Morgan fingerprint density at radius 3 is 2.95 bits per heavy atom. The van der Waals surface area contributed by atoms with Gasteiger partial charge < -0.3 is 10.2 Å². The Labute approximate surface area is 116 Å². The highest BCUT2D eigenvalue weighted by atomic mass is 16.6. The average molecular weight is 272 g/mol. The third-order valence-corrected chi connectivity index (χ3v) is 3.74. The highest BCUT2D eigenvalue weighted by Crippen LogP contribution is 2.31. The normalized spacial score (nSPS) is 19.4. The molecule has 1 atom stereocenters. The molecular formula is C14H16N4O2. The van der Waals surface area contributed by atoms with E-state index in [1.54, 1.807) is 30.6 Å². The van der Waals surface area contributed by atoms with Crippen LogP contribution in [0.3, 0.4) is 0 Å². The standard InChI is InChI=1S/C14H16N4O2/c1-17-7-5-10(9-17)16-13-2-3-14(18(19)20)11-4-6-15-8-12(11)13/h2-4,6,8,10,16H,5,7,9H2,1H3. The molecule has 1 saturated heterocycles. The number of pyridine rings is 1. The number of anilines is 1. The number of nitrogens with zero attached hydrogens (tertiary/aromatic N) is 3. The van der Waals surface area contributed by atoms with Gasteiger partial charge in [0.1, 0.15) is 0 Å². The number of rotatable bonds is 3. The fourth-order valence-corrected chi connectivity index (χ4v) is 2.73. The maximum absolute atomic E-state index is 11.1. The minimum atomic E-state index is -0.352. The summed E-state index contributed by atoms with van der Waals surface area (Å²) in [6.45, 7) is 2.06. The smallest absolute Gasteiger partial charge is 0.277 e. The second-order valence-electron chi connectivity index (χ2n) is 5.20. The molecule has 0 amide bonds. The lowest BCUT2D eigenvalue weighted by Gasteiger charge is -2.16. The second-order valence-corrected chi connectivity index (χ2v) is 5.20. The van der Waals surface area contributed by atoms with Crippen LogP contribution < -0.4 is 5.32 Å². The largest absolute Gasteiger partial charge is 0.380 e. The van der Waals surface area contributed by atoms with E-state index in [4.69, 9.17) is 0 Å². The summed E-state index contributed by atoms with van der Waals surface area (Å²) in [4.78, 5) is 17.1. The van der Waals surface area contributed by atoms with Gasteiger partial charge in [0.05, 0.1) is 10.3 Å². The maximum Gasteiger partial charge on any atom is 0.277 e. The molecule has 6 nitrogen and oxygen atoms in total. The Morgan fingerprint density at radius 2 is 2.25 bits per heavy atom. The topological polar surface area (TPSA) is 71.3 Å². The van der Waals surface area contributed by atoms with Crippen LogP contribution in [0.4, 0.5) is 11.4 Å². The highest BCUT2D eigenvalue weighted by Gasteiger charge is 2.21. The van der Waals surface area contributed by atoms with Crippen LogP contribution in [-0.2, 0) is 0 Å². The summed E-state index contributed by atoms with van der Waals surface area (Å²) in [5.41, 5.74) is 1.04. The number of nitrogens with one attached hydrogen (secondary N) is 1. The molecule has 104 valence electrons. The molecule has 1 aromatic heterocycles. The number of non-ortho nitro benzene ring substituents is 1. The van der Waals surface area contributed by atoms with Gasteiger partial charge in [0.25, 0.3) is 5.69 Å². The molecule has 1 fully saturated rings. The Bertz CT molecular complexity index is 659. The number of likely N-dealkylation sites (N-methyl/N-ethyl adjacent to an activating group) is 1. The number of nitro groups is 1. The molecular weight excluding hydrogens is 256 g/mol. The lowest BCUT2D eigenvalue weighted by atomic mass is 10.1. The molecule has 0 aliphatic carbocycles. The van der Waals surface area contributed by atoms with Crippen molar-refractivity contribution >= 4 is 22.1 Å². The van der Waals surface area contributed by atoms with E-state index in [0.29, 0.717) is 11.4 Å². The van der Waals surface area contributed by atoms with E-state index in [0.717, 1.165) is 30.6 Å². The van der Waals surface area contributed by atoms with Gasteiger partial charge in [-0.1, -0.05) is 0 Å². The predicted octanol–water partition coefficient (Wildman–Crippen LogP) is 2.26. The van der Waals surface area contributed by atoms with Gasteiger partial charge in [0.2, 0.25) is 0 Å². The quantitative estimate of drug-likeness (QED) is 0.685. The molecule has 2 heterocycles. The summed E-state index contributed by atoms with van der Waals surface area (Å²) in [6, 6.07) is 5.41. The zero-order chi connectivity index (χ0) is 14.1. The van der Waals surface area contributed by atoms with E-state index in [-0.39, 0.29) is 10.6 Å². The molecule has 0 radical (unpaired) electrons. The number of nitro benzene ring substituents is 1. The molecule has 1 N–H and O–H groups in total. The van der Waals surface area contributed by atoms with Gasteiger partial charge in [-0.3, -0.25) is 15.1 Å². The summed E-state index contributed by atoms with van der Waals surface area (Å²) in [5, 5.41) is 16.0. The van der Waals surface area contributed by atoms with E-state index in [1.165, 1.54) is 0 Å². The van der Waals surface area contributed by atoms with Crippen molar-refractivity contribution in [1.82, 2.24) is 9.88 Å². The molecule has 1 aliphatic heterocycles.